The van der Waals surface area contributed by atoms with Crippen LogP contribution < -0.4 is 5.32 Å². The fraction of sp³-hybridized carbons (Fsp3) is 0.357. The number of thioether (sulfide) groups is 1. The Labute approximate surface area is 122 Å². The zero-order valence-corrected chi connectivity index (χ0v) is 12.3. The Bertz CT molecular complexity index is 586. The minimum Gasteiger partial charge on any atom is -0.383 e. The molecule has 1 heterocycles. The van der Waals surface area contributed by atoms with Gasteiger partial charge in [-0.15, -0.1) is 0 Å². The van der Waals surface area contributed by atoms with Crippen molar-refractivity contribution in [3.63, 3.8) is 0 Å². The van der Waals surface area contributed by atoms with Crippen LogP contribution in [0.4, 0.5) is 0 Å². The van der Waals surface area contributed by atoms with Crippen LogP contribution in [0, 0.1) is 0 Å². The van der Waals surface area contributed by atoms with Crippen molar-refractivity contribution in [3.8, 4) is 0 Å². The van der Waals surface area contributed by atoms with Crippen LogP contribution in [-0.2, 0) is 9.53 Å². The lowest BCUT2D eigenvalue weighted by Gasteiger charge is -2.12. The summed E-state index contributed by atoms with van der Waals surface area (Å²) in [6.45, 7) is 2.42. The first-order chi connectivity index (χ1) is 9.70. The van der Waals surface area contributed by atoms with Crippen molar-refractivity contribution in [2.75, 3.05) is 19.5 Å². The van der Waals surface area contributed by atoms with Gasteiger partial charge in [-0.3, -0.25) is 4.79 Å². The number of hydrogen-bond acceptors (Lipinski definition) is 5. The fourth-order valence-electron chi connectivity index (χ4n) is 1.84. The molecular weight excluding hydrogens is 274 g/mol. The molecule has 0 aliphatic heterocycles. The van der Waals surface area contributed by atoms with E-state index >= 15 is 0 Å². The minimum absolute atomic E-state index is 0.00948. The molecule has 1 N–H and O–H groups in total. The summed E-state index contributed by atoms with van der Waals surface area (Å²) in [4.78, 5) is 20.2. The molecule has 0 spiro atoms. The molecule has 2 rings (SSSR count). The molecule has 20 heavy (non-hydrogen) atoms. The van der Waals surface area contributed by atoms with Gasteiger partial charge in [-0.25, -0.2) is 9.97 Å². The molecule has 0 radical (unpaired) electrons. The van der Waals surface area contributed by atoms with Crippen molar-refractivity contribution in [3.05, 3.63) is 30.6 Å². The Morgan fingerprint density at radius 1 is 1.40 bits per heavy atom. The Balaban J connectivity index is 1.97. The molecule has 1 amide bonds. The van der Waals surface area contributed by atoms with Gasteiger partial charge in [0.1, 0.15) is 11.4 Å². The number of methoxy groups -OCH3 is 1. The highest BCUT2D eigenvalue weighted by Crippen LogP contribution is 2.23. The second kappa shape index (κ2) is 7.21. The van der Waals surface area contributed by atoms with E-state index in [1.807, 2.05) is 31.2 Å². The molecule has 1 atom stereocenters. The van der Waals surface area contributed by atoms with E-state index in [9.17, 15) is 4.79 Å². The SMILES string of the molecule is COC[C@@H](C)NC(=O)CSc1ncnc2ccccc12. The molecule has 5 nitrogen and oxygen atoms in total. The number of nitrogens with one attached hydrogen (secondary N) is 1. The summed E-state index contributed by atoms with van der Waals surface area (Å²) in [5.41, 5.74) is 0.887. The molecule has 2 aromatic rings. The molecule has 0 unspecified atom stereocenters. The first-order valence-electron chi connectivity index (χ1n) is 6.31. The molecule has 6 heteroatoms. The smallest absolute Gasteiger partial charge is 0.230 e. The number of nitrogens with zero attached hydrogens (tertiary/aromatic N) is 2. The van der Waals surface area contributed by atoms with Crippen LogP contribution in [0.1, 0.15) is 6.92 Å². The van der Waals surface area contributed by atoms with Gasteiger partial charge in [0.15, 0.2) is 0 Å². The predicted octanol–water partition coefficient (Wildman–Crippen LogP) is 1.87. The maximum absolute atomic E-state index is 11.8. The molecule has 106 valence electrons. The first-order valence-corrected chi connectivity index (χ1v) is 7.30. The van der Waals surface area contributed by atoms with Crippen molar-refractivity contribution < 1.29 is 9.53 Å². The van der Waals surface area contributed by atoms with Crippen molar-refractivity contribution >= 4 is 28.6 Å². The molecule has 0 aliphatic rings. The Hall–Kier alpha value is -1.66. The van der Waals surface area contributed by atoms with E-state index in [4.69, 9.17) is 4.74 Å². The summed E-state index contributed by atoms with van der Waals surface area (Å²) in [7, 11) is 1.62. The number of para-hydroxylation sites is 1. The van der Waals surface area contributed by atoms with Crippen LogP contribution in [0.25, 0.3) is 10.9 Å². The number of fused-ring (bicyclic) bond motifs is 1. The molecule has 0 saturated carbocycles. The van der Waals surface area contributed by atoms with Gasteiger partial charge in [0.25, 0.3) is 0 Å². The van der Waals surface area contributed by atoms with Crippen molar-refractivity contribution in [2.24, 2.45) is 0 Å². The zero-order valence-electron chi connectivity index (χ0n) is 11.5. The van der Waals surface area contributed by atoms with Crippen molar-refractivity contribution in [2.45, 2.75) is 18.0 Å². The third-order valence-electron chi connectivity index (χ3n) is 2.67. The number of hydrogen-bond donors (Lipinski definition) is 1. The number of ether oxygens (including phenoxy) is 1. The molecule has 1 aromatic carbocycles. The van der Waals surface area contributed by atoms with Gasteiger partial charge in [0, 0.05) is 18.5 Å². The van der Waals surface area contributed by atoms with Crippen molar-refractivity contribution in [1.29, 1.82) is 0 Å². The molecule has 0 fully saturated rings. The maximum atomic E-state index is 11.8. The van der Waals surface area contributed by atoms with E-state index in [-0.39, 0.29) is 11.9 Å². The largest absolute Gasteiger partial charge is 0.383 e. The van der Waals surface area contributed by atoms with E-state index in [2.05, 4.69) is 15.3 Å². The highest BCUT2D eigenvalue weighted by Gasteiger charge is 2.10. The van der Waals surface area contributed by atoms with E-state index in [0.29, 0.717) is 12.4 Å². The predicted molar refractivity (Wildman–Crippen MR) is 79.7 cm³/mol. The van der Waals surface area contributed by atoms with E-state index in [0.717, 1.165) is 15.9 Å². The average Bonchev–Trinajstić information content (AvgIpc) is 2.45. The third-order valence-corrected chi connectivity index (χ3v) is 3.68. The number of carbonyl (C=O) groups is 1. The van der Waals surface area contributed by atoms with Crippen molar-refractivity contribution in [1.82, 2.24) is 15.3 Å². The van der Waals surface area contributed by atoms with Crippen LogP contribution >= 0.6 is 11.8 Å². The van der Waals surface area contributed by atoms with E-state index in [1.54, 1.807) is 7.11 Å². The Morgan fingerprint density at radius 3 is 3.00 bits per heavy atom. The average molecular weight is 291 g/mol. The standard InChI is InChI=1S/C14H17N3O2S/c1-10(7-19-2)17-13(18)8-20-14-11-5-3-4-6-12(11)15-9-16-14/h3-6,9-10H,7-8H2,1-2H3,(H,17,18)/t10-/m1/s1. The van der Waals surface area contributed by atoms with Gasteiger partial charge in [-0.1, -0.05) is 30.0 Å². The lowest BCUT2D eigenvalue weighted by Crippen LogP contribution is -2.36. The summed E-state index contributed by atoms with van der Waals surface area (Å²) in [5.74, 6) is 0.303. The molecular formula is C14H17N3O2S. The lowest BCUT2D eigenvalue weighted by atomic mass is 10.2. The van der Waals surface area contributed by atoms with Crippen LogP contribution in [0.3, 0.4) is 0 Å². The Kier molecular flexibility index (Phi) is 5.31. The zero-order chi connectivity index (χ0) is 14.4. The van der Waals surface area contributed by atoms with Crippen LogP contribution in [-0.4, -0.2) is 41.4 Å². The Morgan fingerprint density at radius 2 is 2.20 bits per heavy atom. The number of benzene rings is 1. The molecule has 0 saturated heterocycles. The maximum Gasteiger partial charge on any atom is 0.230 e. The van der Waals surface area contributed by atoms with Gasteiger partial charge < -0.3 is 10.1 Å². The van der Waals surface area contributed by atoms with Crippen LogP contribution in [0.5, 0.6) is 0 Å². The van der Waals surface area contributed by atoms with Crippen LogP contribution in [0.15, 0.2) is 35.6 Å². The topological polar surface area (TPSA) is 64.1 Å². The molecule has 0 bridgehead atoms. The highest BCUT2D eigenvalue weighted by molar-refractivity contribution is 8.00. The summed E-state index contributed by atoms with van der Waals surface area (Å²) in [6.07, 6.45) is 1.52. The van der Waals surface area contributed by atoms with Gasteiger partial charge >= 0.3 is 0 Å². The van der Waals surface area contributed by atoms with Crippen LogP contribution in [0.2, 0.25) is 0 Å². The second-order valence-corrected chi connectivity index (χ2v) is 5.37. The lowest BCUT2D eigenvalue weighted by molar-refractivity contribution is -0.119. The minimum atomic E-state index is -0.0257. The summed E-state index contributed by atoms with van der Waals surface area (Å²) >= 11 is 1.41. The normalized spacial score (nSPS) is 12.3. The van der Waals surface area contributed by atoms with Gasteiger partial charge in [0.2, 0.25) is 5.91 Å². The number of carbonyl (C=O) groups excluding carboxylic acids is 1. The number of amides is 1. The molecule has 0 aliphatic carbocycles. The number of aromatic nitrogens is 2. The van der Waals surface area contributed by atoms with Gasteiger partial charge in [-0.05, 0) is 13.0 Å². The van der Waals surface area contributed by atoms with E-state index < -0.39 is 0 Å². The second-order valence-electron chi connectivity index (χ2n) is 4.41. The van der Waals surface area contributed by atoms with E-state index in [1.165, 1.54) is 18.1 Å². The molecule has 1 aromatic heterocycles. The van der Waals surface area contributed by atoms with Gasteiger partial charge in [-0.2, -0.15) is 0 Å². The highest BCUT2D eigenvalue weighted by atomic mass is 32.2. The summed E-state index contributed by atoms with van der Waals surface area (Å²) < 4.78 is 4.98. The first kappa shape index (κ1) is 14.7. The van der Waals surface area contributed by atoms with Gasteiger partial charge in [0.05, 0.1) is 17.9 Å². The monoisotopic (exact) mass is 291 g/mol. The summed E-state index contributed by atoms with van der Waals surface area (Å²) in [5, 5.41) is 4.67. The quantitative estimate of drug-likeness (QED) is 0.650. The fourth-order valence-corrected chi connectivity index (χ4v) is 2.64. The third kappa shape index (κ3) is 3.91. The number of rotatable bonds is 6. The summed E-state index contributed by atoms with van der Waals surface area (Å²) in [6, 6.07) is 7.78.